The van der Waals surface area contributed by atoms with E-state index in [4.69, 9.17) is 4.98 Å². The number of nitrogens with zero attached hydrogens (tertiary/aromatic N) is 2. The highest BCUT2D eigenvalue weighted by Crippen LogP contribution is 2.27. The van der Waals surface area contributed by atoms with E-state index in [1.807, 2.05) is 0 Å². The number of para-hydroxylation sites is 1. The number of rotatable bonds is 10. The fourth-order valence-electron chi connectivity index (χ4n) is 3.47. The molecule has 0 saturated heterocycles. The van der Waals surface area contributed by atoms with Crippen LogP contribution in [-0.4, -0.2) is 24.0 Å². The van der Waals surface area contributed by atoms with Crippen molar-refractivity contribution in [3.63, 3.8) is 0 Å². The minimum absolute atomic E-state index is 1.01. The van der Waals surface area contributed by atoms with E-state index >= 15 is 0 Å². The average molecular weight is 327 g/mol. The Hall–Kier alpha value is -1.41. The van der Waals surface area contributed by atoms with Crippen molar-refractivity contribution in [2.45, 2.75) is 71.8 Å². The van der Waals surface area contributed by atoms with Gasteiger partial charge in [-0.2, -0.15) is 0 Å². The number of unbranched alkanes of at least 4 members (excludes halogenated alkanes) is 4. The maximum Gasteiger partial charge on any atom is 0.0708 e. The summed E-state index contributed by atoms with van der Waals surface area (Å²) in [5.74, 6) is 0. The van der Waals surface area contributed by atoms with Crippen LogP contribution in [0.1, 0.15) is 69.2 Å². The Labute approximate surface area is 148 Å². The van der Waals surface area contributed by atoms with E-state index in [0.717, 1.165) is 13.0 Å². The van der Waals surface area contributed by atoms with Gasteiger partial charge in [0.25, 0.3) is 0 Å². The third kappa shape index (κ3) is 5.04. The molecule has 0 spiro atoms. The molecule has 24 heavy (non-hydrogen) atoms. The molecular formula is C22H34N2. The fourth-order valence-corrected chi connectivity index (χ4v) is 3.47. The van der Waals surface area contributed by atoms with Gasteiger partial charge in [-0.1, -0.05) is 57.7 Å². The van der Waals surface area contributed by atoms with Gasteiger partial charge in [0.1, 0.15) is 0 Å². The molecule has 0 aliphatic heterocycles. The lowest BCUT2D eigenvalue weighted by Crippen LogP contribution is -2.15. The van der Waals surface area contributed by atoms with E-state index in [9.17, 15) is 0 Å². The molecule has 0 amide bonds. The first-order valence-corrected chi connectivity index (χ1v) is 9.71. The van der Waals surface area contributed by atoms with Crippen molar-refractivity contribution in [2.75, 3.05) is 14.1 Å². The number of aromatic nitrogens is 1. The maximum absolute atomic E-state index is 5.08. The van der Waals surface area contributed by atoms with Crippen molar-refractivity contribution >= 4 is 10.9 Å². The second-order valence-electron chi connectivity index (χ2n) is 7.18. The molecule has 0 radical (unpaired) electrons. The standard InChI is InChI=1S/C22H34N2/c1-5-7-9-13-18-20(17-24(3)4)19-14-11-12-16-22(19)23-21(18)15-10-8-6-2/h11-12,14,16H,5-10,13,15,17H2,1-4H3. The van der Waals surface area contributed by atoms with Gasteiger partial charge in [-0.3, -0.25) is 4.98 Å². The van der Waals surface area contributed by atoms with Crippen LogP contribution in [0.25, 0.3) is 10.9 Å². The molecule has 0 N–H and O–H groups in total. The zero-order chi connectivity index (χ0) is 17.4. The number of hydrogen-bond acceptors (Lipinski definition) is 2. The molecule has 0 bridgehead atoms. The molecule has 2 heteroatoms. The Bertz CT molecular complexity index is 631. The van der Waals surface area contributed by atoms with E-state index in [1.165, 1.54) is 72.7 Å². The van der Waals surface area contributed by atoms with Crippen LogP contribution in [0.15, 0.2) is 24.3 Å². The van der Waals surface area contributed by atoms with E-state index in [1.54, 1.807) is 0 Å². The molecule has 0 atom stereocenters. The van der Waals surface area contributed by atoms with Crippen molar-refractivity contribution in [3.05, 3.63) is 41.1 Å². The summed E-state index contributed by atoms with van der Waals surface area (Å²) in [6.07, 6.45) is 9.98. The highest BCUT2D eigenvalue weighted by Gasteiger charge is 2.15. The number of benzene rings is 1. The number of pyridine rings is 1. The minimum atomic E-state index is 1.01. The SMILES string of the molecule is CCCCCc1nc2ccccc2c(CN(C)C)c1CCCCC. The molecule has 0 aliphatic carbocycles. The molecule has 0 saturated carbocycles. The monoisotopic (exact) mass is 326 g/mol. The van der Waals surface area contributed by atoms with Gasteiger partial charge in [0.2, 0.25) is 0 Å². The first kappa shape index (κ1) is 18.9. The summed E-state index contributed by atoms with van der Waals surface area (Å²) < 4.78 is 0. The van der Waals surface area contributed by atoms with Crippen molar-refractivity contribution in [2.24, 2.45) is 0 Å². The normalized spacial score (nSPS) is 11.5. The molecule has 0 aliphatic rings. The predicted molar refractivity (Wildman–Crippen MR) is 106 cm³/mol. The Morgan fingerprint density at radius 3 is 2.17 bits per heavy atom. The maximum atomic E-state index is 5.08. The number of fused-ring (bicyclic) bond motifs is 1. The van der Waals surface area contributed by atoms with E-state index in [2.05, 4.69) is 57.1 Å². The Balaban J connectivity index is 2.47. The van der Waals surface area contributed by atoms with Gasteiger partial charge >= 0.3 is 0 Å². The van der Waals surface area contributed by atoms with E-state index in [-0.39, 0.29) is 0 Å². The second-order valence-corrected chi connectivity index (χ2v) is 7.18. The highest BCUT2D eigenvalue weighted by molar-refractivity contribution is 5.83. The Morgan fingerprint density at radius 1 is 0.833 bits per heavy atom. The molecule has 2 rings (SSSR count). The fraction of sp³-hybridized carbons (Fsp3) is 0.591. The van der Waals surface area contributed by atoms with Crippen LogP contribution in [-0.2, 0) is 19.4 Å². The zero-order valence-electron chi connectivity index (χ0n) is 16.1. The van der Waals surface area contributed by atoms with Crippen LogP contribution in [0.2, 0.25) is 0 Å². The van der Waals surface area contributed by atoms with Gasteiger partial charge in [0.15, 0.2) is 0 Å². The first-order chi connectivity index (χ1) is 11.7. The Morgan fingerprint density at radius 2 is 1.50 bits per heavy atom. The molecule has 132 valence electrons. The largest absolute Gasteiger partial charge is 0.305 e. The van der Waals surface area contributed by atoms with Crippen LogP contribution >= 0.6 is 0 Å². The average Bonchev–Trinajstić information content (AvgIpc) is 2.57. The number of aryl methyl sites for hydroxylation is 1. The summed E-state index contributed by atoms with van der Waals surface area (Å²) in [5, 5.41) is 1.34. The lowest BCUT2D eigenvalue weighted by atomic mass is 9.93. The lowest BCUT2D eigenvalue weighted by Gasteiger charge is -2.20. The molecule has 1 aromatic carbocycles. The first-order valence-electron chi connectivity index (χ1n) is 9.71. The summed E-state index contributed by atoms with van der Waals surface area (Å²) in [6, 6.07) is 8.69. The van der Waals surface area contributed by atoms with Gasteiger partial charge in [-0.05, 0) is 57.0 Å². The molecule has 0 unspecified atom stereocenters. The molecule has 1 heterocycles. The molecular weight excluding hydrogens is 292 g/mol. The van der Waals surface area contributed by atoms with Crippen LogP contribution in [0.3, 0.4) is 0 Å². The van der Waals surface area contributed by atoms with E-state index < -0.39 is 0 Å². The van der Waals surface area contributed by atoms with Crippen LogP contribution in [0, 0.1) is 0 Å². The van der Waals surface area contributed by atoms with Crippen molar-refractivity contribution in [3.8, 4) is 0 Å². The predicted octanol–water partition coefficient (Wildman–Crippen LogP) is 5.76. The third-order valence-corrected chi connectivity index (χ3v) is 4.72. The summed E-state index contributed by atoms with van der Waals surface area (Å²) in [4.78, 5) is 7.37. The Kier molecular flexibility index (Phi) is 7.71. The van der Waals surface area contributed by atoms with Gasteiger partial charge in [0.05, 0.1) is 5.52 Å². The smallest absolute Gasteiger partial charge is 0.0708 e. The van der Waals surface area contributed by atoms with E-state index in [0.29, 0.717) is 0 Å². The van der Waals surface area contributed by atoms with Crippen molar-refractivity contribution < 1.29 is 0 Å². The van der Waals surface area contributed by atoms with Gasteiger partial charge in [-0.15, -0.1) is 0 Å². The minimum Gasteiger partial charge on any atom is -0.305 e. The highest BCUT2D eigenvalue weighted by atomic mass is 15.0. The molecule has 1 aromatic heterocycles. The molecule has 0 fully saturated rings. The topological polar surface area (TPSA) is 16.1 Å². The number of hydrogen-bond donors (Lipinski definition) is 0. The summed E-state index contributed by atoms with van der Waals surface area (Å²) in [7, 11) is 4.34. The van der Waals surface area contributed by atoms with Crippen molar-refractivity contribution in [1.29, 1.82) is 0 Å². The van der Waals surface area contributed by atoms with Crippen LogP contribution in [0.4, 0.5) is 0 Å². The van der Waals surface area contributed by atoms with Crippen LogP contribution < -0.4 is 0 Å². The third-order valence-electron chi connectivity index (χ3n) is 4.72. The lowest BCUT2D eigenvalue weighted by molar-refractivity contribution is 0.402. The quantitative estimate of drug-likeness (QED) is 0.516. The zero-order valence-corrected chi connectivity index (χ0v) is 16.1. The van der Waals surface area contributed by atoms with Crippen LogP contribution in [0.5, 0.6) is 0 Å². The van der Waals surface area contributed by atoms with Gasteiger partial charge in [-0.25, -0.2) is 0 Å². The van der Waals surface area contributed by atoms with Gasteiger partial charge < -0.3 is 4.90 Å². The summed E-state index contributed by atoms with van der Waals surface area (Å²) >= 11 is 0. The molecule has 2 aromatic rings. The van der Waals surface area contributed by atoms with Gasteiger partial charge in [0, 0.05) is 17.6 Å². The summed E-state index contributed by atoms with van der Waals surface area (Å²) in [6.45, 7) is 5.56. The second kappa shape index (κ2) is 9.78. The molecule has 2 nitrogen and oxygen atoms in total. The van der Waals surface area contributed by atoms with Crippen molar-refractivity contribution in [1.82, 2.24) is 9.88 Å². The summed E-state index contributed by atoms with van der Waals surface area (Å²) in [5.41, 5.74) is 5.57.